The van der Waals surface area contributed by atoms with Gasteiger partial charge in [-0.05, 0) is 49.2 Å². The molecule has 1 amide bonds. The van der Waals surface area contributed by atoms with Crippen molar-refractivity contribution in [3.05, 3.63) is 66.2 Å². The molecule has 120 valence electrons. The van der Waals surface area contributed by atoms with Gasteiger partial charge >= 0.3 is 0 Å². The minimum absolute atomic E-state index is 0.0414. The number of nitrogens with one attached hydrogen (secondary N) is 1. The van der Waals surface area contributed by atoms with Crippen LogP contribution in [0.4, 0.5) is 5.69 Å². The summed E-state index contributed by atoms with van der Waals surface area (Å²) >= 11 is 0. The smallest absolute Gasteiger partial charge is 0.262 e. The van der Waals surface area contributed by atoms with Gasteiger partial charge in [0.1, 0.15) is 18.1 Å². The highest BCUT2D eigenvalue weighted by molar-refractivity contribution is 5.92. The summed E-state index contributed by atoms with van der Waals surface area (Å²) in [4.78, 5) is 12.0. The topological polar surface area (TPSA) is 47.6 Å². The zero-order valence-electron chi connectivity index (χ0n) is 13.5. The summed E-state index contributed by atoms with van der Waals surface area (Å²) in [7, 11) is 0. The highest BCUT2D eigenvalue weighted by Crippen LogP contribution is 2.18. The van der Waals surface area contributed by atoms with Crippen LogP contribution in [0.2, 0.25) is 0 Å². The van der Waals surface area contributed by atoms with E-state index in [1.54, 1.807) is 18.2 Å². The molecule has 0 saturated carbocycles. The molecule has 2 aromatic carbocycles. The lowest BCUT2D eigenvalue weighted by molar-refractivity contribution is -0.118. The maximum absolute atomic E-state index is 12.0. The zero-order chi connectivity index (χ0) is 16.7. The SMILES string of the molecule is C=CCOc1cccc(NC(=O)COc2ccc(C)c(C)c2)c1. The van der Waals surface area contributed by atoms with E-state index in [0.717, 1.165) is 5.56 Å². The monoisotopic (exact) mass is 311 g/mol. The Morgan fingerprint density at radius 3 is 2.61 bits per heavy atom. The van der Waals surface area contributed by atoms with Gasteiger partial charge in [0.2, 0.25) is 0 Å². The Balaban J connectivity index is 1.89. The van der Waals surface area contributed by atoms with E-state index in [1.165, 1.54) is 5.56 Å². The first-order chi connectivity index (χ1) is 11.1. The maximum Gasteiger partial charge on any atom is 0.262 e. The molecule has 0 atom stereocenters. The molecule has 0 aromatic heterocycles. The number of amides is 1. The highest BCUT2D eigenvalue weighted by atomic mass is 16.5. The van der Waals surface area contributed by atoms with Gasteiger partial charge in [-0.3, -0.25) is 4.79 Å². The number of benzene rings is 2. The lowest BCUT2D eigenvalue weighted by atomic mass is 10.1. The highest BCUT2D eigenvalue weighted by Gasteiger charge is 2.05. The molecular formula is C19H21NO3. The molecule has 1 N–H and O–H groups in total. The van der Waals surface area contributed by atoms with Crippen LogP contribution in [0.1, 0.15) is 11.1 Å². The summed E-state index contributed by atoms with van der Waals surface area (Å²) in [6, 6.07) is 13.0. The molecule has 2 aromatic rings. The predicted octanol–water partition coefficient (Wildman–Crippen LogP) is 3.89. The molecule has 0 aliphatic heterocycles. The fourth-order valence-electron chi connectivity index (χ4n) is 1.97. The number of hydrogen-bond donors (Lipinski definition) is 1. The Labute approximate surface area is 136 Å². The Bertz CT molecular complexity index is 695. The van der Waals surface area contributed by atoms with E-state index in [-0.39, 0.29) is 12.5 Å². The van der Waals surface area contributed by atoms with Crippen LogP contribution >= 0.6 is 0 Å². The van der Waals surface area contributed by atoms with Crippen LogP contribution < -0.4 is 14.8 Å². The predicted molar refractivity (Wildman–Crippen MR) is 92.2 cm³/mol. The van der Waals surface area contributed by atoms with Crippen LogP contribution in [0, 0.1) is 13.8 Å². The Kier molecular flexibility index (Phi) is 5.80. The molecular weight excluding hydrogens is 290 g/mol. The lowest BCUT2D eigenvalue weighted by Crippen LogP contribution is -2.20. The van der Waals surface area contributed by atoms with Crippen molar-refractivity contribution in [3.8, 4) is 11.5 Å². The van der Waals surface area contributed by atoms with Gasteiger partial charge in [-0.25, -0.2) is 0 Å². The van der Waals surface area contributed by atoms with Crippen LogP contribution in [0.5, 0.6) is 11.5 Å². The number of hydrogen-bond acceptors (Lipinski definition) is 3. The molecule has 0 fully saturated rings. The van der Waals surface area contributed by atoms with Gasteiger partial charge in [0.25, 0.3) is 5.91 Å². The van der Waals surface area contributed by atoms with E-state index in [9.17, 15) is 4.79 Å². The Morgan fingerprint density at radius 1 is 1.09 bits per heavy atom. The molecule has 0 unspecified atom stereocenters. The van der Waals surface area contributed by atoms with Gasteiger partial charge in [0.15, 0.2) is 6.61 Å². The molecule has 0 aliphatic carbocycles. The quantitative estimate of drug-likeness (QED) is 0.789. The lowest BCUT2D eigenvalue weighted by Gasteiger charge is -2.10. The van der Waals surface area contributed by atoms with E-state index < -0.39 is 0 Å². The summed E-state index contributed by atoms with van der Waals surface area (Å²) in [5, 5.41) is 2.79. The van der Waals surface area contributed by atoms with Gasteiger partial charge in [0.05, 0.1) is 0 Å². The fraction of sp³-hybridized carbons (Fsp3) is 0.211. The van der Waals surface area contributed by atoms with Crippen molar-refractivity contribution in [3.63, 3.8) is 0 Å². The average molecular weight is 311 g/mol. The van der Waals surface area contributed by atoms with Gasteiger partial charge in [-0.1, -0.05) is 24.8 Å². The average Bonchev–Trinajstić information content (AvgIpc) is 2.54. The minimum atomic E-state index is -0.218. The first kappa shape index (κ1) is 16.6. The number of ether oxygens (including phenoxy) is 2. The van der Waals surface area contributed by atoms with Crippen LogP contribution in [0.3, 0.4) is 0 Å². The van der Waals surface area contributed by atoms with Gasteiger partial charge < -0.3 is 14.8 Å². The van der Waals surface area contributed by atoms with Gasteiger partial charge in [-0.15, -0.1) is 0 Å². The summed E-state index contributed by atoms with van der Waals surface area (Å²) in [6.07, 6.45) is 1.67. The van der Waals surface area contributed by atoms with Crippen molar-refractivity contribution in [2.45, 2.75) is 13.8 Å². The van der Waals surface area contributed by atoms with Gasteiger partial charge in [-0.2, -0.15) is 0 Å². The zero-order valence-corrected chi connectivity index (χ0v) is 13.5. The number of carbonyl (C=O) groups excluding carboxylic acids is 1. The van der Waals surface area contributed by atoms with Gasteiger partial charge in [0, 0.05) is 11.8 Å². The van der Waals surface area contributed by atoms with Crippen LogP contribution in [-0.4, -0.2) is 19.1 Å². The third-order valence-corrected chi connectivity index (χ3v) is 3.33. The molecule has 0 bridgehead atoms. The molecule has 0 saturated heterocycles. The van der Waals surface area contributed by atoms with Crippen LogP contribution in [0.15, 0.2) is 55.1 Å². The molecule has 2 rings (SSSR count). The number of aryl methyl sites for hydroxylation is 2. The van der Waals surface area contributed by atoms with Crippen molar-refractivity contribution in [2.24, 2.45) is 0 Å². The molecule has 0 heterocycles. The van der Waals surface area contributed by atoms with Crippen molar-refractivity contribution in [1.29, 1.82) is 0 Å². The minimum Gasteiger partial charge on any atom is -0.489 e. The van der Waals surface area contributed by atoms with E-state index in [4.69, 9.17) is 9.47 Å². The molecule has 0 radical (unpaired) electrons. The number of carbonyl (C=O) groups is 1. The molecule has 4 nitrogen and oxygen atoms in total. The number of anilines is 1. The first-order valence-corrected chi connectivity index (χ1v) is 7.42. The second kappa shape index (κ2) is 8.03. The third kappa shape index (κ3) is 5.18. The summed E-state index contributed by atoms with van der Waals surface area (Å²) in [5.74, 6) is 1.15. The van der Waals surface area contributed by atoms with Crippen molar-refractivity contribution >= 4 is 11.6 Å². The van der Waals surface area contributed by atoms with E-state index in [0.29, 0.717) is 23.8 Å². The third-order valence-electron chi connectivity index (χ3n) is 3.33. The molecule has 0 spiro atoms. The Hall–Kier alpha value is -2.75. The second-order valence-corrected chi connectivity index (χ2v) is 5.21. The van der Waals surface area contributed by atoms with Crippen molar-refractivity contribution in [1.82, 2.24) is 0 Å². The standard InChI is InChI=1S/C19H21NO3/c1-4-10-22-17-7-5-6-16(12-17)20-19(21)13-23-18-9-8-14(2)15(3)11-18/h4-9,11-12H,1,10,13H2,2-3H3,(H,20,21). The van der Waals surface area contributed by atoms with Crippen LogP contribution in [0.25, 0.3) is 0 Å². The van der Waals surface area contributed by atoms with E-state index >= 15 is 0 Å². The summed E-state index contributed by atoms with van der Waals surface area (Å²) in [6.45, 7) is 8.03. The normalized spacial score (nSPS) is 10.0. The Morgan fingerprint density at radius 2 is 1.87 bits per heavy atom. The van der Waals surface area contributed by atoms with E-state index in [2.05, 4.69) is 11.9 Å². The number of rotatable bonds is 7. The second-order valence-electron chi connectivity index (χ2n) is 5.21. The van der Waals surface area contributed by atoms with Crippen molar-refractivity contribution < 1.29 is 14.3 Å². The largest absolute Gasteiger partial charge is 0.489 e. The molecule has 4 heteroatoms. The fourth-order valence-corrected chi connectivity index (χ4v) is 1.97. The van der Waals surface area contributed by atoms with Crippen molar-refractivity contribution in [2.75, 3.05) is 18.5 Å². The molecule has 23 heavy (non-hydrogen) atoms. The van der Waals surface area contributed by atoms with E-state index in [1.807, 2.05) is 44.2 Å². The summed E-state index contributed by atoms with van der Waals surface area (Å²) in [5.41, 5.74) is 2.99. The summed E-state index contributed by atoms with van der Waals surface area (Å²) < 4.78 is 10.9. The molecule has 0 aliphatic rings. The van der Waals surface area contributed by atoms with Crippen LogP contribution in [-0.2, 0) is 4.79 Å². The first-order valence-electron chi connectivity index (χ1n) is 7.42. The maximum atomic E-state index is 12.0.